The van der Waals surface area contributed by atoms with Gasteiger partial charge in [-0.05, 0) is 13.1 Å². The van der Waals surface area contributed by atoms with Crippen LogP contribution < -0.4 is 16.0 Å². The van der Waals surface area contributed by atoms with Gasteiger partial charge in [0.05, 0.1) is 6.61 Å². The van der Waals surface area contributed by atoms with Crippen LogP contribution in [0.2, 0.25) is 0 Å². The van der Waals surface area contributed by atoms with Crippen LogP contribution in [0.15, 0.2) is 12.8 Å². The quantitative estimate of drug-likeness (QED) is 0.555. The van der Waals surface area contributed by atoms with Crippen molar-refractivity contribution in [3.63, 3.8) is 0 Å². The molecule has 0 aromatic heterocycles. The molecule has 0 heterocycles. The van der Waals surface area contributed by atoms with Crippen molar-refractivity contribution in [1.29, 1.82) is 0 Å². The van der Waals surface area contributed by atoms with Crippen LogP contribution >= 0.6 is 0 Å². The van der Waals surface area contributed by atoms with Crippen molar-refractivity contribution >= 4 is 12.1 Å². The van der Waals surface area contributed by atoms with Crippen molar-refractivity contribution in [2.75, 3.05) is 19.7 Å². The fraction of sp³-hybridized carbons (Fsp3) is 0.500. The third kappa shape index (κ3) is 6.96. The topological polar surface area (TPSA) is 79.5 Å². The van der Waals surface area contributed by atoms with Gasteiger partial charge in [-0.1, -0.05) is 6.58 Å². The molecule has 3 N–H and O–H groups in total. The molecule has 3 amide bonds. The van der Waals surface area contributed by atoms with E-state index in [9.17, 15) is 9.59 Å². The van der Waals surface area contributed by atoms with Gasteiger partial charge in [0.2, 0.25) is 0 Å². The first kappa shape index (κ1) is 12.3. The minimum atomic E-state index is -0.488. The Bertz CT molecular complexity index is 206. The van der Waals surface area contributed by atoms with Gasteiger partial charge < -0.3 is 20.7 Å². The standard InChI is InChI=1S/C8H15N3O3/c1-3-9-7(12)10-5-6-11-8(13)14-4-2/h3H,1,4-6H2,2H3,(H,11,13)(H2,9,10,12). The monoisotopic (exact) mass is 201 g/mol. The normalized spacial score (nSPS) is 8.64. The lowest BCUT2D eigenvalue weighted by atomic mass is 10.6. The van der Waals surface area contributed by atoms with Gasteiger partial charge in [-0.2, -0.15) is 0 Å². The van der Waals surface area contributed by atoms with Crippen molar-refractivity contribution in [3.05, 3.63) is 12.8 Å². The van der Waals surface area contributed by atoms with Gasteiger partial charge in [0.15, 0.2) is 0 Å². The van der Waals surface area contributed by atoms with E-state index in [0.29, 0.717) is 19.7 Å². The second-order valence-electron chi connectivity index (χ2n) is 2.25. The number of carbonyl (C=O) groups excluding carboxylic acids is 2. The summed E-state index contributed by atoms with van der Waals surface area (Å²) in [5.41, 5.74) is 0. The SMILES string of the molecule is C=CNC(=O)NCCNC(=O)OCC. The highest BCUT2D eigenvalue weighted by Crippen LogP contribution is 1.74. The molecule has 0 unspecified atom stereocenters. The van der Waals surface area contributed by atoms with Crippen molar-refractivity contribution < 1.29 is 14.3 Å². The molecule has 14 heavy (non-hydrogen) atoms. The molecule has 0 aliphatic rings. The van der Waals surface area contributed by atoms with E-state index in [2.05, 4.69) is 27.3 Å². The summed E-state index contributed by atoms with van der Waals surface area (Å²) in [6, 6.07) is -0.356. The number of amides is 3. The number of hydrogen-bond donors (Lipinski definition) is 3. The van der Waals surface area contributed by atoms with Crippen molar-refractivity contribution in [1.82, 2.24) is 16.0 Å². The molecule has 0 aliphatic carbocycles. The van der Waals surface area contributed by atoms with Gasteiger partial charge in [0.25, 0.3) is 0 Å². The van der Waals surface area contributed by atoms with Crippen LogP contribution in [0, 0.1) is 0 Å². The largest absolute Gasteiger partial charge is 0.450 e. The van der Waals surface area contributed by atoms with Crippen LogP contribution in [0.5, 0.6) is 0 Å². The molecule has 6 nitrogen and oxygen atoms in total. The summed E-state index contributed by atoms with van der Waals surface area (Å²) in [7, 11) is 0. The molecule has 0 aromatic carbocycles. The van der Waals surface area contributed by atoms with Crippen LogP contribution in [0.1, 0.15) is 6.92 Å². The Balaban J connectivity index is 3.32. The Morgan fingerprint density at radius 1 is 1.36 bits per heavy atom. The molecule has 6 heteroatoms. The maximum atomic E-state index is 10.8. The fourth-order valence-corrected chi connectivity index (χ4v) is 0.666. The smallest absolute Gasteiger partial charge is 0.407 e. The number of rotatable bonds is 5. The molecule has 0 fully saturated rings. The second-order valence-corrected chi connectivity index (χ2v) is 2.25. The van der Waals surface area contributed by atoms with E-state index in [0.717, 1.165) is 0 Å². The Hall–Kier alpha value is -1.72. The number of carbonyl (C=O) groups is 2. The molecule has 0 radical (unpaired) electrons. The summed E-state index contributed by atoms with van der Waals surface area (Å²) in [5.74, 6) is 0. The van der Waals surface area contributed by atoms with Gasteiger partial charge in [0.1, 0.15) is 0 Å². The van der Waals surface area contributed by atoms with Gasteiger partial charge in [0, 0.05) is 13.1 Å². The van der Waals surface area contributed by atoms with Gasteiger partial charge >= 0.3 is 12.1 Å². The molecule has 80 valence electrons. The molecule has 0 rings (SSSR count). The minimum absolute atomic E-state index is 0.323. The molecule has 0 aliphatic heterocycles. The average molecular weight is 201 g/mol. The number of alkyl carbamates (subject to hydrolysis) is 1. The number of ether oxygens (including phenoxy) is 1. The Morgan fingerprint density at radius 2 is 2.00 bits per heavy atom. The molecule has 0 aromatic rings. The number of nitrogens with one attached hydrogen (secondary N) is 3. The van der Waals surface area contributed by atoms with Crippen LogP contribution in [0.25, 0.3) is 0 Å². The third-order valence-corrected chi connectivity index (χ3v) is 1.19. The third-order valence-electron chi connectivity index (χ3n) is 1.19. The molecule has 0 bridgehead atoms. The zero-order valence-electron chi connectivity index (χ0n) is 8.13. The lowest BCUT2D eigenvalue weighted by molar-refractivity contribution is 0.152. The summed E-state index contributed by atoms with van der Waals surface area (Å²) in [4.78, 5) is 21.5. The maximum Gasteiger partial charge on any atom is 0.407 e. The first-order chi connectivity index (χ1) is 6.70. The summed E-state index contributed by atoms with van der Waals surface area (Å²) in [6.07, 6.45) is 0.784. The Kier molecular flexibility index (Phi) is 6.93. The molecule has 0 spiro atoms. The summed E-state index contributed by atoms with van der Waals surface area (Å²) in [5, 5.41) is 7.27. The second kappa shape index (κ2) is 7.90. The minimum Gasteiger partial charge on any atom is -0.450 e. The van der Waals surface area contributed by atoms with Gasteiger partial charge in [-0.25, -0.2) is 9.59 Å². The average Bonchev–Trinajstić information content (AvgIpc) is 2.13. The highest BCUT2D eigenvalue weighted by molar-refractivity contribution is 5.74. The first-order valence-electron chi connectivity index (χ1n) is 4.26. The number of hydrogen-bond acceptors (Lipinski definition) is 3. The van der Waals surface area contributed by atoms with Crippen molar-refractivity contribution in [2.24, 2.45) is 0 Å². The van der Waals surface area contributed by atoms with E-state index >= 15 is 0 Å². The van der Waals surface area contributed by atoms with Crippen LogP contribution in [0.4, 0.5) is 9.59 Å². The van der Waals surface area contributed by atoms with Gasteiger partial charge in [-0.3, -0.25) is 0 Å². The van der Waals surface area contributed by atoms with Crippen LogP contribution in [-0.4, -0.2) is 31.8 Å². The van der Waals surface area contributed by atoms with E-state index in [1.54, 1.807) is 6.92 Å². The molecular weight excluding hydrogens is 186 g/mol. The highest BCUT2D eigenvalue weighted by Gasteiger charge is 1.99. The highest BCUT2D eigenvalue weighted by atomic mass is 16.5. The Morgan fingerprint density at radius 3 is 2.57 bits per heavy atom. The van der Waals surface area contributed by atoms with E-state index < -0.39 is 6.09 Å². The molecule has 0 saturated carbocycles. The molecule has 0 saturated heterocycles. The zero-order valence-corrected chi connectivity index (χ0v) is 8.13. The van der Waals surface area contributed by atoms with E-state index in [1.165, 1.54) is 6.20 Å². The Labute approximate surface area is 82.7 Å². The maximum absolute atomic E-state index is 10.8. The fourth-order valence-electron chi connectivity index (χ4n) is 0.666. The van der Waals surface area contributed by atoms with Crippen molar-refractivity contribution in [2.45, 2.75) is 6.92 Å². The van der Waals surface area contributed by atoms with Crippen LogP contribution in [0.3, 0.4) is 0 Å². The first-order valence-corrected chi connectivity index (χ1v) is 4.26. The van der Waals surface area contributed by atoms with Crippen LogP contribution in [-0.2, 0) is 4.74 Å². The summed E-state index contributed by atoms with van der Waals surface area (Å²) < 4.78 is 4.60. The summed E-state index contributed by atoms with van der Waals surface area (Å²) >= 11 is 0. The van der Waals surface area contributed by atoms with E-state index in [1.807, 2.05) is 0 Å². The predicted molar refractivity (Wildman–Crippen MR) is 51.8 cm³/mol. The summed E-state index contributed by atoms with van der Waals surface area (Å²) in [6.45, 7) is 6.02. The van der Waals surface area contributed by atoms with Crippen molar-refractivity contribution in [3.8, 4) is 0 Å². The van der Waals surface area contributed by atoms with Gasteiger partial charge in [-0.15, -0.1) is 0 Å². The lowest BCUT2D eigenvalue weighted by Crippen LogP contribution is -2.38. The number of urea groups is 1. The van der Waals surface area contributed by atoms with E-state index in [4.69, 9.17) is 0 Å². The predicted octanol–water partition coefficient (Wildman–Crippen LogP) is 0.175. The lowest BCUT2D eigenvalue weighted by Gasteiger charge is -2.06. The molecular formula is C8H15N3O3. The molecule has 0 atom stereocenters. The zero-order chi connectivity index (χ0) is 10.8. The van der Waals surface area contributed by atoms with E-state index in [-0.39, 0.29) is 6.03 Å².